The number of carbonyl (C=O) groups excluding carboxylic acids is 2. The molecule has 0 spiro atoms. The summed E-state index contributed by atoms with van der Waals surface area (Å²) in [5.41, 5.74) is 3.01. The van der Waals surface area contributed by atoms with Gasteiger partial charge in [0.05, 0.1) is 19.1 Å². The Kier molecular flexibility index (Phi) is 5.68. The predicted molar refractivity (Wildman–Crippen MR) is 99.3 cm³/mol. The molecule has 1 unspecified atom stereocenters. The van der Waals surface area contributed by atoms with Crippen molar-refractivity contribution in [3.63, 3.8) is 0 Å². The van der Waals surface area contributed by atoms with E-state index in [0.29, 0.717) is 6.54 Å². The Hall–Kier alpha value is -2.66. The molecule has 2 amide bonds. The molecule has 1 aliphatic rings. The van der Waals surface area contributed by atoms with Crippen molar-refractivity contribution in [2.75, 3.05) is 19.6 Å². The van der Waals surface area contributed by atoms with Gasteiger partial charge < -0.3 is 14.9 Å². The first-order chi connectivity index (χ1) is 12.5. The van der Waals surface area contributed by atoms with E-state index in [9.17, 15) is 14.7 Å². The Morgan fingerprint density at radius 2 is 1.77 bits per heavy atom. The summed E-state index contributed by atoms with van der Waals surface area (Å²) in [6, 6.07) is 17.4. The van der Waals surface area contributed by atoms with Crippen LogP contribution in [0.2, 0.25) is 0 Å². The van der Waals surface area contributed by atoms with Crippen molar-refractivity contribution in [3.05, 3.63) is 71.3 Å². The van der Waals surface area contributed by atoms with Gasteiger partial charge in [-0.05, 0) is 23.6 Å². The molecule has 1 fully saturated rings. The lowest BCUT2D eigenvalue weighted by Gasteiger charge is -2.22. The molecule has 0 aromatic heterocycles. The van der Waals surface area contributed by atoms with Crippen LogP contribution in [0.25, 0.3) is 0 Å². The summed E-state index contributed by atoms with van der Waals surface area (Å²) in [7, 11) is 0. The van der Waals surface area contributed by atoms with Crippen LogP contribution in [0.1, 0.15) is 16.7 Å². The van der Waals surface area contributed by atoms with E-state index in [4.69, 9.17) is 0 Å². The smallest absolute Gasteiger partial charge is 0.242 e. The first kappa shape index (κ1) is 18.1. The van der Waals surface area contributed by atoms with Gasteiger partial charge in [-0.2, -0.15) is 0 Å². The van der Waals surface area contributed by atoms with Crippen molar-refractivity contribution < 1.29 is 14.7 Å². The highest BCUT2D eigenvalue weighted by molar-refractivity contribution is 5.86. The lowest BCUT2D eigenvalue weighted by molar-refractivity contribution is -0.138. The van der Waals surface area contributed by atoms with Crippen molar-refractivity contribution in [2.24, 2.45) is 0 Å². The number of aliphatic hydroxyl groups is 1. The third kappa shape index (κ3) is 4.49. The first-order valence-electron chi connectivity index (χ1n) is 8.85. The highest BCUT2D eigenvalue weighted by Gasteiger charge is 2.29. The van der Waals surface area contributed by atoms with Crippen LogP contribution in [0.5, 0.6) is 0 Å². The topological polar surface area (TPSA) is 60.9 Å². The molecule has 3 rings (SSSR count). The molecule has 1 heterocycles. The average Bonchev–Trinajstić information content (AvgIpc) is 2.76. The minimum atomic E-state index is -0.744. The van der Waals surface area contributed by atoms with Gasteiger partial charge in [0, 0.05) is 19.6 Å². The number of aryl methyl sites for hydroxylation is 1. The number of rotatable bonds is 4. The largest absolute Gasteiger partial charge is 0.389 e. The SMILES string of the molecule is Cc1ccccc1CC(=O)N1CC(=O)N(Cc2ccccc2)CC(O)C1. The van der Waals surface area contributed by atoms with Gasteiger partial charge in [0.2, 0.25) is 11.8 Å². The number of carbonyl (C=O) groups is 2. The van der Waals surface area contributed by atoms with Gasteiger partial charge in [0.25, 0.3) is 0 Å². The van der Waals surface area contributed by atoms with Gasteiger partial charge in [-0.1, -0.05) is 54.6 Å². The molecule has 2 aromatic rings. The molecule has 5 heteroatoms. The molecule has 136 valence electrons. The maximum atomic E-state index is 12.7. The molecule has 0 aliphatic carbocycles. The van der Waals surface area contributed by atoms with E-state index >= 15 is 0 Å². The van der Waals surface area contributed by atoms with Gasteiger partial charge in [0.1, 0.15) is 0 Å². The second kappa shape index (κ2) is 8.15. The summed E-state index contributed by atoms with van der Waals surface area (Å²) < 4.78 is 0. The van der Waals surface area contributed by atoms with Crippen LogP contribution >= 0.6 is 0 Å². The third-order valence-electron chi connectivity index (χ3n) is 4.71. The van der Waals surface area contributed by atoms with E-state index in [1.165, 1.54) is 4.90 Å². The molecule has 5 nitrogen and oxygen atoms in total. The highest BCUT2D eigenvalue weighted by atomic mass is 16.3. The quantitative estimate of drug-likeness (QED) is 0.912. The van der Waals surface area contributed by atoms with Crippen molar-refractivity contribution in [1.82, 2.24) is 9.80 Å². The normalized spacial score (nSPS) is 17.9. The van der Waals surface area contributed by atoms with Crippen molar-refractivity contribution >= 4 is 11.8 Å². The van der Waals surface area contributed by atoms with Crippen LogP contribution in [-0.4, -0.2) is 52.5 Å². The second-order valence-electron chi connectivity index (χ2n) is 6.79. The summed E-state index contributed by atoms with van der Waals surface area (Å²) in [4.78, 5) is 28.4. The molecule has 1 N–H and O–H groups in total. The molecule has 0 saturated carbocycles. The summed E-state index contributed by atoms with van der Waals surface area (Å²) in [6.07, 6.45) is -0.503. The van der Waals surface area contributed by atoms with Crippen LogP contribution < -0.4 is 0 Å². The maximum absolute atomic E-state index is 12.7. The van der Waals surface area contributed by atoms with Crippen LogP contribution in [0, 0.1) is 6.92 Å². The third-order valence-corrected chi connectivity index (χ3v) is 4.71. The van der Waals surface area contributed by atoms with E-state index in [1.54, 1.807) is 4.90 Å². The van der Waals surface area contributed by atoms with E-state index in [1.807, 2.05) is 61.5 Å². The zero-order valence-electron chi connectivity index (χ0n) is 15.0. The number of hydrogen-bond acceptors (Lipinski definition) is 3. The number of nitrogens with zero attached hydrogens (tertiary/aromatic N) is 2. The number of β-amino-alcohol motifs (C(OH)–C–C–N with tert-alkyl or cyclic N) is 1. The number of aliphatic hydroxyl groups excluding tert-OH is 1. The second-order valence-corrected chi connectivity index (χ2v) is 6.79. The Morgan fingerprint density at radius 1 is 1.08 bits per heavy atom. The molecule has 0 radical (unpaired) electrons. The Labute approximate surface area is 153 Å². The van der Waals surface area contributed by atoms with E-state index in [0.717, 1.165) is 16.7 Å². The lowest BCUT2D eigenvalue weighted by Crippen LogP contribution is -2.40. The molecule has 1 atom stereocenters. The van der Waals surface area contributed by atoms with Crippen molar-refractivity contribution in [2.45, 2.75) is 26.0 Å². The van der Waals surface area contributed by atoms with Crippen LogP contribution in [0.15, 0.2) is 54.6 Å². The minimum absolute atomic E-state index is 0.00854. The van der Waals surface area contributed by atoms with Crippen molar-refractivity contribution in [1.29, 1.82) is 0 Å². The number of amides is 2. The lowest BCUT2D eigenvalue weighted by atomic mass is 10.1. The highest BCUT2D eigenvalue weighted by Crippen LogP contribution is 2.14. The van der Waals surface area contributed by atoms with Gasteiger partial charge in [-0.25, -0.2) is 0 Å². The summed E-state index contributed by atoms with van der Waals surface area (Å²) in [5.74, 6) is -0.267. The Morgan fingerprint density at radius 3 is 2.50 bits per heavy atom. The molecule has 1 saturated heterocycles. The standard InChI is InChI=1S/C21H24N2O3/c1-16-7-5-6-10-18(16)11-20(25)23-14-19(24)13-22(21(26)15-23)12-17-8-3-2-4-9-17/h2-10,19,24H,11-15H2,1H3. The number of hydrogen-bond donors (Lipinski definition) is 1. The molecular weight excluding hydrogens is 328 g/mol. The van der Waals surface area contributed by atoms with Crippen molar-refractivity contribution in [3.8, 4) is 0 Å². The van der Waals surface area contributed by atoms with Gasteiger partial charge in [-0.15, -0.1) is 0 Å². The molecule has 1 aliphatic heterocycles. The van der Waals surface area contributed by atoms with E-state index < -0.39 is 6.10 Å². The van der Waals surface area contributed by atoms with Gasteiger partial charge >= 0.3 is 0 Å². The zero-order valence-corrected chi connectivity index (χ0v) is 15.0. The van der Waals surface area contributed by atoms with Gasteiger partial charge in [0.15, 0.2) is 0 Å². The fourth-order valence-corrected chi connectivity index (χ4v) is 3.23. The zero-order chi connectivity index (χ0) is 18.5. The molecule has 26 heavy (non-hydrogen) atoms. The Bertz CT molecular complexity index is 776. The van der Waals surface area contributed by atoms with E-state index in [-0.39, 0.29) is 37.9 Å². The Balaban J connectivity index is 1.68. The molecule has 2 aromatic carbocycles. The average molecular weight is 352 g/mol. The van der Waals surface area contributed by atoms with Gasteiger partial charge in [-0.3, -0.25) is 9.59 Å². The summed E-state index contributed by atoms with van der Waals surface area (Å²) >= 11 is 0. The van der Waals surface area contributed by atoms with E-state index in [2.05, 4.69) is 0 Å². The van der Waals surface area contributed by atoms with Crippen LogP contribution in [0.3, 0.4) is 0 Å². The monoisotopic (exact) mass is 352 g/mol. The summed E-state index contributed by atoms with van der Waals surface area (Å²) in [6.45, 7) is 2.83. The number of benzene rings is 2. The molecule has 0 bridgehead atoms. The maximum Gasteiger partial charge on any atom is 0.242 e. The molecular formula is C21H24N2O3. The fourth-order valence-electron chi connectivity index (χ4n) is 3.23. The minimum Gasteiger partial charge on any atom is -0.389 e. The predicted octanol–water partition coefficient (Wildman–Crippen LogP) is 1.77. The summed E-state index contributed by atoms with van der Waals surface area (Å²) in [5, 5.41) is 10.3. The van der Waals surface area contributed by atoms with Crippen LogP contribution in [0.4, 0.5) is 0 Å². The fraction of sp³-hybridized carbons (Fsp3) is 0.333. The first-order valence-corrected chi connectivity index (χ1v) is 8.85. The van der Waals surface area contributed by atoms with Crippen LogP contribution in [-0.2, 0) is 22.6 Å².